The third-order valence-corrected chi connectivity index (χ3v) is 6.61. The Morgan fingerprint density at radius 3 is 2.89 bits per heavy atom. The quantitative estimate of drug-likeness (QED) is 0.590. The summed E-state index contributed by atoms with van der Waals surface area (Å²) in [6.07, 6.45) is 0.108. The molecule has 1 aromatic carbocycles. The Kier molecular flexibility index (Phi) is 5.45. The third-order valence-electron chi connectivity index (χ3n) is 4.42. The minimum Gasteiger partial charge on any atom is -0.488 e. The Labute approximate surface area is 170 Å². The van der Waals surface area contributed by atoms with Crippen LogP contribution in [0.4, 0.5) is 0 Å². The van der Waals surface area contributed by atoms with Crippen molar-refractivity contribution in [3.8, 4) is 16.2 Å². The molecule has 1 N–H and O–H groups in total. The van der Waals surface area contributed by atoms with Gasteiger partial charge >= 0.3 is 5.97 Å². The van der Waals surface area contributed by atoms with E-state index in [9.17, 15) is 9.59 Å². The van der Waals surface area contributed by atoms with E-state index >= 15 is 0 Å². The van der Waals surface area contributed by atoms with Gasteiger partial charge in [-0.3, -0.25) is 9.59 Å². The lowest BCUT2D eigenvalue weighted by molar-refractivity contribution is -0.143. The summed E-state index contributed by atoms with van der Waals surface area (Å²) in [5.41, 5.74) is 2.01. The van der Waals surface area contributed by atoms with Crippen LogP contribution >= 0.6 is 22.7 Å². The summed E-state index contributed by atoms with van der Waals surface area (Å²) in [5.74, 6) is 0.316. The van der Waals surface area contributed by atoms with Gasteiger partial charge in [-0.25, -0.2) is 0 Å². The fourth-order valence-corrected chi connectivity index (χ4v) is 5.02. The van der Waals surface area contributed by atoms with Crippen LogP contribution in [0.3, 0.4) is 0 Å². The summed E-state index contributed by atoms with van der Waals surface area (Å²) in [5, 5.41) is 4.93. The average molecular weight is 414 g/mol. The number of ether oxygens (including phenoxy) is 2. The number of para-hydroxylation sites is 1. The minimum atomic E-state index is -0.408. The van der Waals surface area contributed by atoms with Gasteiger partial charge in [0.05, 0.1) is 23.9 Å². The van der Waals surface area contributed by atoms with Gasteiger partial charge in [0.25, 0.3) is 5.91 Å². The number of hydrogen-bond acceptors (Lipinski definition) is 6. The van der Waals surface area contributed by atoms with Gasteiger partial charge in [0.1, 0.15) is 12.4 Å². The Morgan fingerprint density at radius 1 is 1.25 bits per heavy atom. The number of hydrogen-bond donors (Lipinski definition) is 1. The van der Waals surface area contributed by atoms with Crippen molar-refractivity contribution < 1.29 is 19.1 Å². The van der Waals surface area contributed by atoms with Gasteiger partial charge in [-0.15, -0.1) is 22.7 Å². The minimum absolute atomic E-state index is 0.108. The van der Waals surface area contributed by atoms with E-state index in [0.717, 1.165) is 26.6 Å². The molecule has 0 radical (unpaired) electrons. The van der Waals surface area contributed by atoms with Gasteiger partial charge in [0.2, 0.25) is 0 Å². The number of benzene rings is 1. The summed E-state index contributed by atoms with van der Waals surface area (Å²) >= 11 is 2.96. The van der Waals surface area contributed by atoms with Gasteiger partial charge in [0, 0.05) is 20.9 Å². The molecular weight excluding hydrogens is 394 g/mol. The van der Waals surface area contributed by atoms with Gasteiger partial charge in [-0.1, -0.05) is 18.2 Å². The second kappa shape index (κ2) is 8.16. The molecule has 0 saturated carbocycles. The average Bonchev–Trinajstić information content (AvgIpc) is 3.37. The van der Waals surface area contributed by atoms with Crippen molar-refractivity contribution in [3.05, 3.63) is 63.2 Å². The number of carbonyl (C=O) groups is 2. The number of esters is 1. The van der Waals surface area contributed by atoms with Crippen LogP contribution in [0.2, 0.25) is 0 Å². The Balaban J connectivity index is 1.56. The van der Waals surface area contributed by atoms with E-state index in [1.165, 1.54) is 22.7 Å². The van der Waals surface area contributed by atoms with E-state index < -0.39 is 6.04 Å². The molecule has 0 bridgehead atoms. The van der Waals surface area contributed by atoms with E-state index in [1.54, 1.807) is 6.92 Å². The molecule has 4 rings (SSSR count). The van der Waals surface area contributed by atoms with Crippen LogP contribution < -0.4 is 10.1 Å². The van der Waals surface area contributed by atoms with Crippen molar-refractivity contribution in [2.24, 2.45) is 0 Å². The van der Waals surface area contributed by atoms with E-state index in [1.807, 2.05) is 47.8 Å². The van der Waals surface area contributed by atoms with Crippen molar-refractivity contribution >= 4 is 34.6 Å². The molecule has 1 amide bonds. The van der Waals surface area contributed by atoms with Crippen LogP contribution in [-0.4, -0.2) is 18.5 Å². The molecule has 7 heteroatoms. The zero-order valence-corrected chi connectivity index (χ0v) is 16.9. The largest absolute Gasteiger partial charge is 0.488 e. The first kappa shape index (κ1) is 18.7. The number of fused-ring (bicyclic) bond motifs is 3. The lowest BCUT2D eigenvalue weighted by Gasteiger charge is -2.16. The molecule has 0 unspecified atom stereocenters. The van der Waals surface area contributed by atoms with Crippen molar-refractivity contribution in [1.82, 2.24) is 5.32 Å². The first-order valence-electron chi connectivity index (χ1n) is 9.00. The van der Waals surface area contributed by atoms with Crippen LogP contribution in [0.15, 0.2) is 47.8 Å². The number of thiophene rings is 2. The van der Waals surface area contributed by atoms with Gasteiger partial charge in [0.15, 0.2) is 0 Å². The first-order valence-corrected chi connectivity index (χ1v) is 10.7. The lowest BCUT2D eigenvalue weighted by Crippen LogP contribution is -2.29. The molecule has 0 aliphatic carbocycles. The summed E-state index contributed by atoms with van der Waals surface area (Å²) < 4.78 is 10.8. The SMILES string of the molecule is CCOC(=O)C[C@@H](NC(=O)c1cc2c(s1)-c1ccccc1OC2)c1cccs1. The van der Waals surface area contributed by atoms with E-state index in [4.69, 9.17) is 9.47 Å². The molecule has 1 aliphatic heterocycles. The van der Waals surface area contributed by atoms with Gasteiger partial charge < -0.3 is 14.8 Å². The van der Waals surface area contributed by atoms with Crippen LogP contribution in [0, 0.1) is 0 Å². The van der Waals surface area contributed by atoms with E-state index in [-0.39, 0.29) is 18.3 Å². The number of nitrogens with one attached hydrogen (secondary N) is 1. The molecule has 28 heavy (non-hydrogen) atoms. The zero-order chi connectivity index (χ0) is 19.5. The topological polar surface area (TPSA) is 64.6 Å². The summed E-state index contributed by atoms with van der Waals surface area (Å²) in [7, 11) is 0. The standard InChI is InChI=1S/C21H19NO4S2/c1-2-25-19(23)11-15(17-8-5-9-27-17)22-21(24)18-10-13-12-26-16-7-4-3-6-14(16)20(13)28-18/h3-10,15H,2,11-12H2,1H3,(H,22,24)/t15-/m1/s1. The molecule has 3 heterocycles. The van der Waals surface area contributed by atoms with E-state index in [2.05, 4.69) is 5.32 Å². The Hall–Kier alpha value is -2.64. The predicted molar refractivity (Wildman–Crippen MR) is 110 cm³/mol. The predicted octanol–water partition coefficient (Wildman–Crippen LogP) is 4.79. The molecule has 0 saturated heterocycles. The molecule has 5 nitrogen and oxygen atoms in total. The molecule has 0 fully saturated rings. The molecule has 3 aromatic rings. The van der Waals surface area contributed by atoms with Crippen molar-refractivity contribution in [2.75, 3.05) is 6.61 Å². The first-order chi connectivity index (χ1) is 13.7. The lowest BCUT2D eigenvalue weighted by atomic mass is 10.1. The summed E-state index contributed by atoms with van der Waals surface area (Å²) in [6.45, 7) is 2.54. The monoisotopic (exact) mass is 413 g/mol. The summed E-state index contributed by atoms with van der Waals surface area (Å²) in [6, 6.07) is 13.1. The molecular formula is C21H19NO4S2. The highest BCUT2D eigenvalue weighted by Crippen LogP contribution is 2.42. The third kappa shape index (κ3) is 3.81. The maximum Gasteiger partial charge on any atom is 0.308 e. The smallest absolute Gasteiger partial charge is 0.308 e. The fourth-order valence-electron chi connectivity index (χ4n) is 3.14. The van der Waals surface area contributed by atoms with Gasteiger partial charge in [-0.05, 0) is 36.6 Å². The highest BCUT2D eigenvalue weighted by Gasteiger charge is 2.25. The van der Waals surface area contributed by atoms with Crippen molar-refractivity contribution in [2.45, 2.75) is 26.0 Å². The fraction of sp³-hybridized carbons (Fsp3) is 0.238. The number of amides is 1. The van der Waals surface area contributed by atoms with Crippen molar-refractivity contribution in [1.29, 1.82) is 0 Å². The number of carbonyl (C=O) groups excluding carboxylic acids is 2. The van der Waals surface area contributed by atoms with Crippen molar-refractivity contribution in [3.63, 3.8) is 0 Å². The Bertz CT molecular complexity index is 994. The van der Waals surface area contributed by atoms with E-state index in [0.29, 0.717) is 18.1 Å². The number of rotatable bonds is 6. The molecule has 0 spiro atoms. The maximum absolute atomic E-state index is 12.9. The van der Waals surface area contributed by atoms with Crippen LogP contribution in [0.1, 0.15) is 39.5 Å². The molecule has 144 valence electrons. The maximum atomic E-state index is 12.9. The second-order valence-corrected chi connectivity index (χ2v) is 8.33. The molecule has 1 atom stereocenters. The zero-order valence-electron chi connectivity index (χ0n) is 15.3. The van der Waals surface area contributed by atoms with Gasteiger partial charge in [-0.2, -0.15) is 0 Å². The summed E-state index contributed by atoms with van der Waals surface area (Å²) in [4.78, 5) is 27.5. The highest BCUT2D eigenvalue weighted by atomic mass is 32.1. The molecule has 2 aromatic heterocycles. The highest BCUT2D eigenvalue weighted by molar-refractivity contribution is 7.17. The normalized spacial score (nSPS) is 13.0. The second-order valence-electron chi connectivity index (χ2n) is 6.30. The van der Waals surface area contributed by atoms with Crippen LogP contribution in [-0.2, 0) is 16.1 Å². The Morgan fingerprint density at radius 2 is 2.11 bits per heavy atom. The van der Waals surface area contributed by atoms with Crippen LogP contribution in [0.5, 0.6) is 5.75 Å². The molecule has 1 aliphatic rings. The van der Waals surface area contributed by atoms with Crippen LogP contribution in [0.25, 0.3) is 10.4 Å².